The van der Waals surface area contributed by atoms with Crippen LogP contribution in [0, 0.1) is 18.6 Å². The van der Waals surface area contributed by atoms with E-state index in [1.165, 1.54) is 28.8 Å². The lowest BCUT2D eigenvalue weighted by molar-refractivity contribution is -0.274. The topological polar surface area (TPSA) is 78.0 Å². The molecule has 0 aliphatic heterocycles. The summed E-state index contributed by atoms with van der Waals surface area (Å²) in [5, 5.41) is 2.93. The van der Waals surface area contributed by atoms with Crippen LogP contribution in [0.25, 0.3) is 16.9 Å². The first kappa shape index (κ1) is 20.4. The number of aromatic nitrogens is 3. The van der Waals surface area contributed by atoms with Crippen molar-refractivity contribution in [2.24, 2.45) is 0 Å². The molecular formula is C20H14F5N5O. The zero-order chi connectivity index (χ0) is 22.3. The Bertz CT molecular complexity index is 1270. The van der Waals surface area contributed by atoms with Crippen molar-refractivity contribution in [1.29, 1.82) is 0 Å². The van der Waals surface area contributed by atoms with Crippen LogP contribution in [0.3, 0.4) is 0 Å². The molecule has 2 heterocycles. The van der Waals surface area contributed by atoms with Crippen molar-refractivity contribution < 1.29 is 26.7 Å². The normalized spacial score (nSPS) is 11.7. The van der Waals surface area contributed by atoms with Crippen molar-refractivity contribution in [3.63, 3.8) is 0 Å². The quantitative estimate of drug-likeness (QED) is 0.429. The van der Waals surface area contributed by atoms with Crippen molar-refractivity contribution in [2.75, 3.05) is 11.1 Å². The number of nitrogens with zero attached hydrogens (tertiary/aromatic N) is 3. The van der Waals surface area contributed by atoms with E-state index in [0.717, 1.165) is 24.3 Å². The first-order valence-electron chi connectivity index (χ1n) is 8.84. The van der Waals surface area contributed by atoms with E-state index in [1.807, 2.05) is 0 Å². The van der Waals surface area contributed by atoms with Gasteiger partial charge in [0, 0.05) is 35.6 Å². The van der Waals surface area contributed by atoms with Gasteiger partial charge in [-0.05, 0) is 31.2 Å². The fourth-order valence-corrected chi connectivity index (χ4v) is 3.09. The molecular weight excluding hydrogens is 421 g/mol. The van der Waals surface area contributed by atoms with Gasteiger partial charge >= 0.3 is 6.36 Å². The van der Waals surface area contributed by atoms with Crippen LogP contribution in [0.4, 0.5) is 39.1 Å². The van der Waals surface area contributed by atoms with E-state index in [4.69, 9.17) is 5.73 Å². The predicted molar refractivity (Wildman–Crippen MR) is 104 cm³/mol. The minimum absolute atomic E-state index is 0.246. The van der Waals surface area contributed by atoms with Crippen LogP contribution in [0.1, 0.15) is 5.82 Å². The van der Waals surface area contributed by atoms with Gasteiger partial charge in [0.05, 0.1) is 11.0 Å². The maximum atomic E-state index is 13.8. The van der Waals surface area contributed by atoms with Crippen LogP contribution >= 0.6 is 0 Å². The van der Waals surface area contributed by atoms with E-state index in [-0.39, 0.29) is 17.1 Å². The van der Waals surface area contributed by atoms with Crippen LogP contribution in [-0.2, 0) is 0 Å². The maximum absolute atomic E-state index is 13.8. The molecule has 0 fully saturated rings. The van der Waals surface area contributed by atoms with Crippen molar-refractivity contribution in [3.05, 3.63) is 66.0 Å². The first-order valence-corrected chi connectivity index (χ1v) is 8.84. The maximum Gasteiger partial charge on any atom is 0.573 e. The average Bonchev–Trinajstić information content (AvgIpc) is 2.97. The number of aryl methyl sites for hydroxylation is 1. The summed E-state index contributed by atoms with van der Waals surface area (Å²) in [4.78, 5) is 8.64. The van der Waals surface area contributed by atoms with Crippen LogP contribution in [-0.4, -0.2) is 20.9 Å². The van der Waals surface area contributed by atoms with Gasteiger partial charge in [-0.3, -0.25) is 4.57 Å². The second-order valence-corrected chi connectivity index (χ2v) is 6.59. The summed E-state index contributed by atoms with van der Waals surface area (Å²) in [6.07, 6.45) is -4.78. The Morgan fingerprint density at radius 2 is 1.65 bits per heavy atom. The largest absolute Gasteiger partial charge is 0.573 e. The van der Waals surface area contributed by atoms with Crippen LogP contribution in [0.2, 0.25) is 0 Å². The van der Waals surface area contributed by atoms with E-state index in [2.05, 4.69) is 20.0 Å². The highest BCUT2D eigenvalue weighted by molar-refractivity contribution is 5.78. The Morgan fingerprint density at radius 3 is 2.32 bits per heavy atom. The van der Waals surface area contributed by atoms with Crippen molar-refractivity contribution in [1.82, 2.24) is 14.5 Å². The number of pyridine rings is 1. The molecule has 11 heteroatoms. The van der Waals surface area contributed by atoms with Crippen molar-refractivity contribution in [2.45, 2.75) is 13.3 Å². The molecule has 0 atom stereocenters. The van der Waals surface area contributed by atoms with E-state index >= 15 is 0 Å². The van der Waals surface area contributed by atoms with Gasteiger partial charge in [-0.1, -0.05) is 0 Å². The zero-order valence-corrected chi connectivity index (χ0v) is 15.8. The predicted octanol–water partition coefficient (Wildman–Crippen LogP) is 5.23. The number of nitrogen functional groups attached to an aromatic ring is 1. The van der Waals surface area contributed by atoms with Crippen molar-refractivity contribution in [3.8, 4) is 11.6 Å². The van der Waals surface area contributed by atoms with Crippen molar-refractivity contribution >= 4 is 28.2 Å². The Kier molecular flexibility index (Phi) is 4.88. The number of nitrogens with one attached hydrogen (secondary N) is 1. The molecule has 2 aromatic heterocycles. The number of nitrogens with two attached hydrogens (primary N) is 1. The molecule has 0 aliphatic rings. The highest BCUT2D eigenvalue weighted by Crippen LogP contribution is 2.28. The number of hydrogen-bond donors (Lipinski definition) is 2. The second-order valence-electron chi connectivity index (χ2n) is 6.59. The van der Waals surface area contributed by atoms with Gasteiger partial charge in [-0.25, -0.2) is 18.7 Å². The van der Waals surface area contributed by atoms with Gasteiger partial charge in [0.25, 0.3) is 0 Å². The molecule has 0 bridgehead atoms. The molecule has 0 radical (unpaired) electrons. The summed E-state index contributed by atoms with van der Waals surface area (Å²) in [5.74, 6) is -1.41. The van der Waals surface area contributed by atoms with Gasteiger partial charge in [-0.15, -0.1) is 13.2 Å². The monoisotopic (exact) mass is 435 g/mol. The van der Waals surface area contributed by atoms with Crippen LogP contribution < -0.4 is 15.8 Å². The molecule has 6 nitrogen and oxygen atoms in total. The summed E-state index contributed by atoms with van der Waals surface area (Å²) in [5.41, 5.74) is 7.26. The lowest BCUT2D eigenvalue weighted by atomic mass is 10.2. The zero-order valence-electron chi connectivity index (χ0n) is 15.8. The summed E-state index contributed by atoms with van der Waals surface area (Å²) in [7, 11) is 0. The highest BCUT2D eigenvalue weighted by Gasteiger charge is 2.30. The molecule has 0 aliphatic carbocycles. The molecule has 4 rings (SSSR count). The Morgan fingerprint density at radius 1 is 0.968 bits per heavy atom. The molecule has 0 spiro atoms. The second kappa shape index (κ2) is 7.42. The third-order valence-electron chi connectivity index (χ3n) is 4.29. The van der Waals surface area contributed by atoms with Gasteiger partial charge < -0.3 is 15.8 Å². The number of benzene rings is 2. The number of fused-ring (bicyclic) bond motifs is 1. The molecule has 0 amide bonds. The van der Waals surface area contributed by atoms with E-state index in [0.29, 0.717) is 28.5 Å². The molecule has 0 saturated heterocycles. The van der Waals surface area contributed by atoms with Gasteiger partial charge in [0.1, 0.15) is 23.2 Å². The number of hydrogen-bond acceptors (Lipinski definition) is 5. The Balaban J connectivity index is 1.68. The number of halogens is 5. The minimum Gasteiger partial charge on any atom is -0.406 e. The molecule has 0 saturated carbocycles. The molecule has 0 unspecified atom stereocenters. The Labute approximate surface area is 172 Å². The summed E-state index contributed by atoms with van der Waals surface area (Å²) in [6.45, 7) is 1.65. The number of alkyl halides is 3. The van der Waals surface area contributed by atoms with Gasteiger partial charge in [-0.2, -0.15) is 0 Å². The minimum atomic E-state index is -4.78. The number of anilines is 3. The number of ether oxygens (including phenoxy) is 1. The molecule has 2 aromatic carbocycles. The van der Waals surface area contributed by atoms with Crippen LogP contribution in [0.15, 0.2) is 48.5 Å². The third kappa shape index (κ3) is 4.34. The fraction of sp³-hybridized carbons (Fsp3) is 0.100. The SMILES string of the molecule is Cc1nc2cc(F)c(F)cc2n1-c1cc(N)cc(Nc2ccc(OC(F)(F)F)cc2)n1. The third-order valence-corrected chi connectivity index (χ3v) is 4.29. The molecule has 4 aromatic rings. The summed E-state index contributed by atoms with van der Waals surface area (Å²) in [6, 6.07) is 10.1. The van der Waals surface area contributed by atoms with Gasteiger partial charge in [0.15, 0.2) is 11.6 Å². The van der Waals surface area contributed by atoms with E-state index < -0.39 is 18.0 Å². The highest BCUT2D eigenvalue weighted by atomic mass is 19.4. The van der Waals surface area contributed by atoms with E-state index in [1.54, 1.807) is 6.92 Å². The Hall–Kier alpha value is -3.89. The lowest BCUT2D eigenvalue weighted by Gasteiger charge is -2.12. The smallest absolute Gasteiger partial charge is 0.406 e. The lowest BCUT2D eigenvalue weighted by Crippen LogP contribution is -2.17. The number of rotatable bonds is 4. The van der Waals surface area contributed by atoms with E-state index in [9.17, 15) is 22.0 Å². The molecule has 31 heavy (non-hydrogen) atoms. The average molecular weight is 435 g/mol. The summed E-state index contributed by atoms with van der Waals surface area (Å²) >= 11 is 0. The standard InChI is InChI=1S/C20H14F5N5O/c1-10-27-16-8-14(21)15(22)9-17(16)30(10)19-7-11(26)6-18(29-19)28-12-2-4-13(5-3-12)31-20(23,24)25/h2-9H,1H3,(H3,26,28,29). The fourth-order valence-electron chi connectivity index (χ4n) is 3.09. The summed E-state index contributed by atoms with van der Waals surface area (Å²) < 4.78 is 69.5. The van der Waals surface area contributed by atoms with Crippen LogP contribution in [0.5, 0.6) is 5.75 Å². The number of imidazole rings is 1. The first-order chi connectivity index (χ1) is 14.6. The van der Waals surface area contributed by atoms with Gasteiger partial charge in [0.2, 0.25) is 0 Å². The molecule has 160 valence electrons. The molecule has 3 N–H and O–H groups in total.